The molecule has 0 unspecified atom stereocenters. The zero-order valence-corrected chi connectivity index (χ0v) is 15.5. The minimum Gasteiger partial charge on any atom is -0.372 e. The van der Waals surface area contributed by atoms with Crippen LogP contribution in [0.1, 0.15) is 24.8 Å². The molecule has 1 aromatic heterocycles. The average molecular weight is 379 g/mol. The lowest BCUT2D eigenvalue weighted by molar-refractivity contribution is -0.116. The number of nitrogens with one attached hydrogen (secondary N) is 2. The van der Waals surface area contributed by atoms with Crippen molar-refractivity contribution in [2.24, 2.45) is 0 Å². The lowest BCUT2D eigenvalue weighted by Crippen LogP contribution is -2.18. The molecule has 1 aliphatic rings. The largest absolute Gasteiger partial charge is 0.372 e. The van der Waals surface area contributed by atoms with Crippen LogP contribution in [0.15, 0.2) is 53.3 Å². The number of H-pyrrole nitrogens is 1. The molecular formula is C22H22FN3O2. The maximum Gasteiger partial charge on any atom is 0.251 e. The number of pyridine rings is 1. The Kier molecular flexibility index (Phi) is 5.10. The van der Waals surface area contributed by atoms with Gasteiger partial charge in [0.25, 0.3) is 5.56 Å². The molecular weight excluding hydrogens is 357 g/mol. The molecule has 3 aromatic rings. The number of halogens is 1. The van der Waals surface area contributed by atoms with E-state index in [-0.39, 0.29) is 17.9 Å². The van der Waals surface area contributed by atoms with Crippen molar-refractivity contribution in [1.82, 2.24) is 4.98 Å². The predicted molar refractivity (Wildman–Crippen MR) is 109 cm³/mol. The Hall–Kier alpha value is -3.15. The van der Waals surface area contributed by atoms with Crippen LogP contribution in [0.4, 0.5) is 15.8 Å². The Labute approximate surface area is 162 Å². The van der Waals surface area contributed by atoms with Gasteiger partial charge >= 0.3 is 0 Å². The third kappa shape index (κ3) is 4.06. The van der Waals surface area contributed by atoms with E-state index in [2.05, 4.69) is 15.2 Å². The number of hydrogen-bond acceptors (Lipinski definition) is 3. The van der Waals surface area contributed by atoms with Gasteiger partial charge in [-0.2, -0.15) is 0 Å². The van der Waals surface area contributed by atoms with E-state index >= 15 is 0 Å². The number of aromatic nitrogens is 1. The molecule has 2 aromatic carbocycles. The zero-order chi connectivity index (χ0) is 19.5. The van der Waals surface area contributed by atoms with Crippen molar-refractivity contribution >= 4 is 28.2 Å². The standard InChI is InChI=1S/C22H22FN3O2/c23-17-5-3-15-13-16(22(28)25-20(15)14-17)4-10-21(27)24-18-6-8-19(9-7-18)26-11-1-2-12-26/h3,5-9,13-14H,1-2,4,10-12H2,(H,24,27)(H,25,28). The monoisotopic (exact) mass is 379 g/mol. The van der Waals surface area contributed by atoms with Gasteiger partial charge in [0, 0.05) is 36.4 Å². The van der Waals surface area contributed by atoms with Crippen LogP contribution in [0.3, 0.4) is 0 Å². The first-order chi connectivity index (χ1) is 13.6. The third-order valence-corrected chi connectivity index (χ3v) is 5.13. The molecule has 2 N–H and O–H groups in total. The number of carbonyl (C=O) groups excluding carboxylic acids is 1. The highest BCUT2D eigenvalue weighted by Crippen LogP contribution is 2.22. The molecule has 1 aliphatic heterocycles. The summed E-state index contributed by atoms with van der Waals surface area (Å²) >= 11 is 0. The molecule has 0 radical (unpaired) electrons. The second-order valence-electron chi connectivity index (χ2n) is 7.14. The molecule has 1 fully saturated rings. The molecule has 0 saturated carbocycles. The Morgan fingerprint density at radius 3 is 2.57 bits per heavy atom. The summed E-state index contributed by atoms with van der Waals surface area (Å²) < 4.78 is 13.3. The summed E-state index contributed by atoms with van der Waals surface area (Å²) in [5, 5.41) is 3.62. The van der Waals surface area contributed by atoms with Crippen LogP contribution in [-0.2, 0) is 11.2 Å². The second-order valence-corrected chi connectivity index (χ2v) is 7.14. The summed E-state index contributed by atoms with van der Waals surface area (Å²) in [7, 11) is 0. The Bertz CT molecular complexity index is 1050. The fourth-order valence-electron chi connectivity index (χ4n) is 3.61. The Morgan fingerprint density at radius 2 is 1.82 bits per heavy atom. The molecule has 144 valence electrons. The van der Waals surface area contributed by atoms with E-state index in [0.29, 0.717) is 17.5 Å². The number of carbonyl (C=O) groups is 1. The first-order valence-electron chi connectivity index (χ1n) is 9.55. The first-order valence-corrected chi connectivity index (χ1v) is 9.55. The van der Waals surface area contributed by atoms with Gasteiger partial charge in [-0.1, -0.05) is 0 Å². The predicted octanol–water partition coefficient (Wildman–Crippen LogP) is 3.84. The summed E-state index contributed by atoms with van der Waals surface area (Å²) in [6.45, 7) is 2.16. The number of amides is 1. The van der Waals surface area contributed by atoms with Crippen LogP contribution in [0.2, 0.25) is 0 Å². The van der Waals surface area contributed by atoms with Crippen LogP contribution in [0.25, 0.3) is 10.9 Å². The molecule has 5 nitrogen and oxygen atoms in total. The molecule has 1 amide bonds. The average Bonchev–Trinajstić information content (AvgIpc) is 3.22. The number of nitrogens with zero attached hydrogens (tertiary/aromatic N) is 1. The van der Waals surface area contributed by atoms with E-state index in [1.54, 1.807) is 12.1 Å². The van der Waals surface area contributed by atoms with Crippen LogP contribution in [-0.4, -0.2) is 24.0 Å². The topological polar surface area (TPSA) is 65.2 Å². The highest BCUT2D eigenvalue weighted by atomic mass is 19.1. The molecule has 0 spiro atoms. The van der Waals surface area contributed by atoms with E-state index in [1.165, 1.54) is 30.7 Å². The molecule has 0 atom stereocenters. The molecule has 4 rings (SSSR count). The van der Waals surface area contributed by atoms with Crippen molar-refractivity contribution in [3.63, 3.8) is 0 Å². The van der Waals surface area contributed by atoms with Gasteiger partial charge in [-0.05, 0) is 73.2 Å². The van der Waals surface area contributed by atoms with Gasteiger partial charge in [-0.3, -0.25) is 9.59 Å². The highest BCUT2D eigenvalue weighted by molar-refractivity contribution is 5.91. The van der Waals surface area contributed by atoms with E-state index in [0.717, 1.165) is 24.2 Å². The van der Waals surface area contributed by atoms with E-state index < -0.39 is 5.82 Å². The van der Waals surface area contributed by atoms with Gasteiger partial charge in [0.05, 0.1) is 5.52 Å². The van der Waals surface area contributed by atoms with Crippen molar-refractivity contribution < 1.29 is 9.18 Å². The van der Waals surface area contributed by atoms with Crippen molar-refractivity contribution in [2.45, 2.75) is 25.7 Å². The van der Waals surface area contributed by atoms with Gasteiger partial charge in [-0.15, -0.1) is 0 Å². The van der Waals surface area contributed by atoms with Gasteiger partial charge < -0.3 is 15.2 Å². The molecule has 0 aliphatic carbocycles. The minimum atomic E-state index is -0.397. The van der Waals surface area contributed by atoms with Crippen LogP contribution >= 0.6 is 0 Å². The van der Waals surface area contributed by atoms with Crippen molar-refractivity contribution in [2.75, 3.05) is 23.3 Å². The number of aromatic amines is 1. The molecule has 28 heavy (non-hydrogen) atoms. The SMILES string of the molecule is O=C(CCc1cc2ccc(F)cc2[nH]c1=O)Nc1ccc(N2CCCC2)cc1. The first kappa shape index (κ1) is 18.2. The smallest absolute Gasteiger partial charge is 0.251 e. The van der Waals surface area contributed by atoms with Crippen LogP contribution < -0.4 is 15.8 Å². The molecule has 1 saturated heterocycles. The van der Waals surface area contributed by atoms with Crippen molar-refractivity contribution in [3.05, 3.63) is 70.3 Å². The lowest BCUT2D eigenvalue weighted by atomic mass is 10.1. The van der Waals surface area contributed by atoms with E-state index in [1.807, 2.05) is 24.3 Å². The second kappa shape index (κ2) is 7.84. The number of rotatable bonds is 5. The lowest BCUT2D eigenvalue weighted by Gasteiger charge is -2.17. The van der Waals surface area contributed by atoms with Crippen molar-refractivity contribution in [1.29, 1.82) is 0 Å². The number of hydrogen-bond donors (Lipinski definition) is 2. The van der Waals surface area contributed by atoms with E-state index in [9.17, 15) is 14.0 Å². The van der Waals surface area contributed by atoms with Gasteiger partial charge in [-0.25, -0.2) is 4.39 Å². The fourth-order valence-corrected chi connectivity index (χ4v) is 3.61. The van der Waals surface area contributed by atoms with E-state index in [4.69, 9.17) is 0 Å². The van der Waals surface area contributed by atoms with Crippen molar-refractivity contribution in [3.8, 4) is 0 Å². The van der Waals surface area contributed by atoms with Gasteiger partial charge in [0.15, 0.2) is 0 Å². The van der Waals surface area contributed by atoms with Gasteiger partial charge in [0.1, 0.15) is 5.82 Å². The van der Waals surface area contributed by atoms with Crippen LogP contribution in [0, 0.1) is 5.82 Å². The number of aryl methyl sites for hydroxylation is 1. The Morgan fingerprint density at radius 1 is 1.07 bits per heavy atom. The third-order valence-electron chi connectivity index (χ3n) is 5.13. The molecule has 6 heteroatoms. The molecule has 2 heterocycles. The number of benzene rings is 2. The maximum absolute atomic E-state index is 13.3. The summed E-state index contributed by atoms with van der Waals surface area (Å²) in [4.78, 5) is 29.4. The van der Waals surface area contributed by atoms with Crippen LogP contribution in [0.5, 0.6) is 0 Å². The fraction of sp³-hybridized carbons (Fsp3) is 0.273. The number of anilines is 2. The highest BCUT2D eigenvalue weighted by Gasteiger charge is 2.12. The summed E-state index contributed by atoms with van der Waals surface area (Å²) in [6.07, 6.45) is 2.96. The normalized spacial score (nSPS) is 13.8. The van der Waals surface area contributed by atoms with Gasteiger partial charge in [0.2, 0.25) is 5.91 Å². The summed E-state index contributed by atoms with van der Waals surface area (Å²) in [5.74, 6) is -0.543. The summed E-state index contributed by atoms with van der Waals surface area (Å²) in [6, 6.07) is 13.8. The summed E-state index contributed by atoms with van der Waals surface area (Å²) in [5.41, 5.74) is 2.60. The quantitative estimate of drug-likeness (QED) is 0.708. The Balaban J connectivity index is 1.37. The molecule has 0 bridgehead atoms. The maximum atomic E-state index is 13.3. The minimum absolute atomic E-state index is 0.146. The zero-order valence-electron chi connectivity index (χ0n) is 15.5. The number of fused-ring (bicyclic) bond motifs is 1.